The lowest BCUT2D eigenvalue weighted by Gasteiger charge is -2.11. The van der Waals surface area contributed by atoms with E-state index in [1.807, 2.05) is 24.3 Å². The molecule has 6 heteroatoms. The molecule has 0 saturated heterocycles. The molecule has 0 unspecified atom stereocenters. The Morgan fingerprint density at radius 3 is 2.59 bits per heavy atom. The van der Waals surface area contributed by atoms with Crippen LogP contribution in [0.5, 0.6) is 0 Å². The second-order valence-corrected chi connectivity index (χ2v) is 5.01. The molecule has 112 valence electrons. The van der Waals surface area contributed by atoms with E-state index in [1.165, 1.54) is 12.1 Å². The Balaban J connectivity index is 2.16. The van der Waals surface area contributed by atoms with E-state index in [1.54, 1.807) is 23.6 Å². The van der Waals surface area contributed by atoms with Gasteiger partial charge in [-0.3, -0.25) is 14.7 Å². The number of hydrogen-bond donors (Lipinski definition) is 2. The van der Waals surface area contributed by atoms with Gasteiger partial charge in [0.1, 0.15) is 5.82 Å². The number of imidazole rings is 1. The van der Waals surface area contributed by atoms with E-state index in [2.05, 4.69) is 10.3 Å². The predicted octanol–water partition coefficient (Wildman–Crippen LogP) is 2.45. The summed E-state index contributed by atoms with van der Waals surface area (Å²) < 4.78 is 14.9. The summed E-state index contributed by atoms with van der Waals surface area (Å²) in [5, 5.41) is 2.71. The Bertz CT molecular complexity index is 824. The molecule has 5 nitrogen and oxygen atoms in total. The van der Waals surface area contributed by atoms with E-state index < -0.39 is 6.04 Å². The standard InChI is InChI=1S/C16H15FN4O/c1-10(18)15(22)20-16-19-13-4-2-3-5-14(13)21(16)12-8-6-11(17)7-9-12/h2-10H,18H2,1H3,(H,19,20,22)/t10-/m0/s1. The van der Waals surface area contributed by atoms with E-state index in [4.69, 9.17) is 5.73 Å². The Labute approximate surface area is 126 Å². The van der Waals surface area contributed by atoms with Gasteiger partial charge in [0.25, 0.3) is 0 Å². The Hall–Kier alpha value is -2.73. The summed E-state index contributed by atoms with van der Waals surface area (Å²) in [6.07, 6.45) is 0. The van der Waals surface area contributed by atoms with Crippen LogP contribution in [0.15, 0.2) is 48.5 Å². The molecule has 3 aromatic rings. The summed E-state index contributed by atoms with van der Waals surface area (Å²) in [6.45, 7) is 1.60. The highest BCUT2D eigenvalue weighted by molar-refractivity contribution is 5.95. The van der Waals surface area contributed by atoms with Crippen LogP contribution in [0, 0.1) is 5.82 Å². The van der Waals surface area contributed by atoms with Crippen LogP contribution in [0.1, 0.15) is 6.92 Å². The minimum absolute atomic E-state index is 0.325. The number of nitrogens with one attached hydrogen (secondary N) is 1. The molecule has 22 heavy (non-hydrogen) atoms. The normalized spacial score (nSPS) is 12.3. The fourth-order valence-electron chi connectivity index (χ4n) is 2.19. The molecule has 3 rings (SSSR count). The zero-order valence-electron chi connectivity index (χ0n) is 12.0. The van der Waals surface area contributed by atoms with Crippen molar-refractivity contribution in [2.45, 2.75) is 13.0 Å². The Morgan fingerprint density at radius 1 is 1.23 bits per heavy atom. The van der Waals surface area contributed by atoms with Gasteiger partial charge in [0, 0.05) is 5.69 Å². The molecular formula is C16H15FN4O. The molecule has 1 heterocycles. The number of aromatic nitrogens is 2. The molecule has 2 aromatic carbocycles. The average molecular weight is 298 g/mol. The van der Waals surface area contributed by atoms with E-state index in [0.29, 0.717) is 11.6 Å². The van der Waals surface area contributed by atoms with Gasteiger partial charge in [-0.2, -0.15) is 0 Å². The first-order chi connectivity index (χ1) is 10.6. The summed E-state index contributed by atoms with van der Waals surface area (Å²) in [5.74, 6) is -0.303. The van der Waals surface area contributed by atoms with Crippen LogP contribution in [0.4, 0.5) is 10.3 Å². The number of anilines is 1. The SMILES string of the molecule is C[C@H](N)C(=O)Nc1nc2ccccc2n1-c1ccc(F)cc1. The van der Waals surface area contributed by atoms with Crippen molar-refractivity contribution in [3.63, 3.8) is 0 Å². The third-order valence-electron chi connectivity index (χ3n) is 3.29. The second kappa shape index (κ2) is 5.57. The number of benzene rings is 2. The summed E-state index contributed by atoms with van der Waals surface area (Å²) in [4.78, 5) is 16.3. The monoisotopic (exact) mass is 298 g/mol. The number of hydrogen-bond acceptors (Lipinski definition) is 3. The zero-order valence-corrected chi connectivity index (χ0v) is 12.0. The van der Waals surface area contributed by atoms with E-state index in [-0.39, 0.29) is 11.7 Å². The fourth-order valence-corrected chi connectivity index (χ4v) is 2.19. The van der Waals surface area contributed by atoms with E-state index in [0.717, 1.165) is 11.0 Å². The maximum atomic E-state index is 13.1. The third kappa shape index (κ3) is 2.56. The number of nitrogens with zero attached hydrogens (tertiary/aromatic N) is 2. The lowest BCUT2D eigenvalue weighted by Crippen LogP contribution is -2.33. The zero-order chi connectivity index (χ0) is 15.7. The molecule has 3 N–H and O–H groups in total. The summed E-state index contributed by atoms with van der Waals surface area (Å²) in [6, 6.07) is 12.8. The van der Waals surface area contributed by atoms with Crippen LogP contribution in [0.3, 0.4) is 0 Å². The molecule has 0 aliphatic heterocycles. The third-order valence-corrected chi connectivity index (χ3v) is 3.29. The number of carbonyl (C=O) groups excluding carboxylic acids is 1. The van der Waals surface area contributed by atoms with Crippen molar-refractivity contribution in [1.82, 2.24) is 9.55 Å². The quantitative estimate of drug-likeness (QED) is 0.780. The van der Waals surface area contributed by atoms with E-state index >= 15 is 0 Å². The van der Waals surface area contributed by atoms with Gasteiger partial charge in [0.2, 0.25) is 11.9 Å². The number of nitrogens with two attached hydrogens (primary N) is 1. The second-order valence-electron chi connectivity index (χ2n) is 5.01. The number of carbonyl (C=O) groups is 1. The van der Waals surface area contributed by atoms with Crippen molar-refractivity contribution in [2.24, 2.45) is 5.73 Å². The number of rotatable bonds is 3. The van der Waals surface area contributed by atoms with Gasteiger partial charge in [0.15, 0.2) is 0 Å². The molecule has 0 spiro atoms. The van der Waals surface area contributed by atoms with Crippen molar-refractivity contribution in [3.8, 4) is 5.69 Å². The van der Waals surface area contributed by atoms with Crippen molar-refractivity contribution >= 4 is 22.9 Å². The highest BCUT2D eigenvalue weighted by Gasteiger charge is 2.16. The van der Waals surface area contributed by atoms with Gasteiger partial charge in [-0.05, 0) is 43.3 Å². The fraction of sp³-hybridized carbons (Fsp3) is 0.125. The first-order valence-electron chi connectivity index (χ1n) is 6.86. The summed E-state index contributed by atoms with van der Waals surface area (Å²) >= 11 is 0. The predicted molar refractivity (Wildman–Crippen MR) is 83.3 cm³/mol. The molecule has 1 amide bonds. The first-order valence-corrected chi connectivity index (χ1v) is 6.86. The maximum absolute atomic E-state index is 13.1. The molecule has 1 aromatic heterocycles. The Morgan fingerprint density at radius 2 is 1.91 bits per heavy atom. The van der Waals surface area contributed by atoms with Crippen molar-refractivity contribution in [2.75, 3.05) is 5.32 Å². The smallest absolute Gasteiger partial charge is 0.243 e. The van der Waals surface area contributed by atoms with Crippen LogP contribution >= 0.6 is 0 Å². The molecule has 0 saturated carbocycles. The largest absolute Gasteiger partial charge is 0.320 e. The average Bonchev–Trinajstić information content (AvgIpc) is 2.86. The van der Waals surface area contributed by atoms with Gasteiger partial charge in [0.05, 0.1) is 17.1 Å². The van der Waals surface area contributed by atoms with Crippen LogP contribution < -0.4 is 11.1 Å². The van der Waals surface area contributed by atoms with Gasteiger partial charge in [-0.15, -0.1) is 0 Å². The number of amides is 1. The number of fused-ring (bicyclic) bond motifs is 1. The lowest BCUT2D eigenvalue weighted by atomic mass is 10.2. The molecule has 1 atom stereocenters. The topological polar surface area (TPSA) is 72.9 Å². The van der Waals surface area contributed by atoms with Crippen LogP contribution in [-0.4, -0.2) is 21.5 Å². The van der Waals surface area contributed by atoms with Crippen LogP contribution in [0.25, 0.3) is 16.7 Å². The van der Waals surface area contributed by atoms with Crippen molar-refractivity contribution in [1.29, 1.82) is 0 Å². The van der Waals surface area contributed by atoms with E-state index in [9.17, 15) is 9.18 Å². The summed E-state index contributed by atoms with van der Waals surface area (Å²) in [7, 11) is 0. The number of halogens is 1. The summed E-state index contributed by atoms with van der Waals surface area (Å²) in [5.41, 5.74) is 7.83. The molecule has 0 aliphatic carbocycles. The van der Waals surface area contributed by atoms with Crippen LogP contribution in [-0.2, 0) is 4.79 Å². The first kappa shape index (κ1) is 14.2. The van der Waals surface area contributed by atoms with Crippen molar-refractivity contribution < 1.29 is 9.18 Å². The van der Waals surface area contributed by atoms with Gasteiger partial charge < -0.3 is 5.73 Å². The number of para-hydroxylation sites is 2. The molecule has 0 fully saturated rings. The maximum Gasteiger partial charge on any atom is 0.243 e. The lowest BCUT2D eigenvalue weighted by molar-refractivity contribution is -0.117. The highest BCUT2D eigenvalue weighted by Crippen LogP contribution is 2.24. The van der Waals surface area contributed by atoms with Gasteiger partial charge in [-0.25, -0.2) is 9.37 Å². The minimum atomic E-state index is -0.651. The molecular weight excluding hydrogens is 283 g/mol. The molecule has 0 bridgehead atoms. The van der Waals surface area contributed by atoms with Crippen LogP contribution in [0.2, 0.25) is 0 Å². The van der Waals surface area contributed by atoms with Gasteiger partial charge >= 0.3 is 0 Å². The molecule has 0 aliphatic rings. The van der Waals surface area contributed by atoms with Crippen molar-refractivity contribution in [3.05, 3.63) is 54.3 Å². The highest BCUT2D eigenvalue weighted by atomic mass is 19.1. The Kier molecular flexibility index (Phi) is 3.60. The molecule has 0 radical (unpaired) electrons. The van der Waals surface area contributed by atoms with Gasteiger partial charge in [-0.1, -0.05) is 12.1 Å². The minimum Gasteiger partial charge on any atom is -0.320 e.